The van der Waals surface area contributed by atoms with Crippen LogP contribution in [-0.2, 0) is 6.42 Å². The Kier molecular flexibility index (Phi) is 3.65. The van der Waals surface area contributed by atoms with E-state index >= 15 is 0 Å². The number of rotatable bonds is 2. The molecule has 1 aliphatic heterocycles. The Morgan fingerprint density at radius 1 is 1.36 bits per heavy atom. The molecule has 0 saturated carbocycles. The average Bonchev–Trinajstić information content (AvgIpc) is 2.23. The summed E-state index contributed by atoms with van der Waals surface area (Å²) in [4.78, 5) is 0. The number of hydrogen-bond acceptors (Lipinski definition) is 3. The lowest BCUT2D eigenvalue weighted by Crippen LogP contribution is -2.13. The molecule has 1 atom stereocenters. The Hall–Kier alpha value is -0.280. The number of nitrogens with zero attached hydrogens (tertiary/aromatic N) is 2. The van der Waals surface area contributed by atoms with Gasteiger partial charge >= 0.3 is 0 Å². The lowest BCUT2D eigenvalue weighted by Gasteiger charge is -2.20. The zero-order valence-electron chi connectivity index (χ0n) is 7.95. The molecule has 1 aliphatic rings. The smallest absolute Gasteiger partial charge is 0.151 e. The molecule has 1 aromatic rings. The van der Waals surface area contributed by atoms with Gasteiger partial charge in [0.15, 0.2) is 5.15 Å². The molecule has 0 amide bonds. The lowest BCUT2D eigenvalue weighted by atomic mass is 10.1. The van der Waals surface area contributed by atoms with Crippen molar-refractivity contribution in [3.8, 4) is 0 Å². The molecule has 4 heteroatoms. The van der Waals surface area contributed by atoms with Crippen molar-refractivity contribution in [1.29, 1.82) is 0 Å². The van der Waals surface area contributed by atoms with Crippen molar-refractivity contribution in [3.05, 3.63) is 23.0 Å². The van der Waals surface area contributed by atoms with Crippen LogP contribution in [0.4, 0.5) is 0 Å². The first-order chi connectivity index (χ1) is 6.84. The third-order valence-corrected chi connectivity index (χ3v) is 4.00. The Balaban J connectivity index is 1.92. The number of hydrogen-bond donors (Lipinski definition) is 0. The fraction of sp³-hybridized carbons (Fsp3) is 0.600. The summed E-state index contributed by atoms with van der Waals surface area (Å²) < 4.78 is 0. The first kappa shape index (κ1) is 10.2. The largest absolute Gasteiger partial charge is 0.158 e. The maximum absolute atomic E-state index is 5.68. The topological polar surface area (TPSA) is 25.8 Å². The molecule has 1 fully saturated rings. The SMILES string of the molecule is Clc1ccc(CC2CCCCS2)nn1. The van der Waals surface area contributed by atoms with Crippen molar-refractivity contribution >= 4 is 23.4 Å². The van der Waals surface area contributed by atoms with Gasteiger partial charge in [-0.15, -0.1) is 5.10 Å². The van der Waals surface area contributed by atoms with Gasteiger partial charge in [-0.3, -0.25) is 0 Å². The van der Waals surface area contributed by atoms with Crippen molar-refractivity contribution in [2.24, 2.45) is 0 Å². The van der Waals surface area contributed by atoms with E-state index < -0.39 is 0 Å². The summed E-state index contributed by atoms with van der Waals surface area (Å²) in [6.45, 7) is 0. The fourth-order valence-corrected chi connectivity index (χ4v) is 3.08. The molecule has 1 unspecified atom stereocenters. The maximum atomic E-state index is 5.68. The summed E-state index contributed by atoms with van der Waals surface area (Å²) in [7, 11) is 0. The molecule has 76 valence electrons. The van der Waals surface area contributed by atoms with Gasteiger partial charge in [-0.2, -0.15) is 16.9 Å². The highest BCUT2D eigenvalue weighted by molar-refractivity contribution is 7.99. The second kappa shape index (κ2) is 4.99. The summed E-state index contributed by atoms with van der Waals surface area (Å²) in [5.41, 5.74) is 1.06. The van der Waals surface area contributed by atoms with Crippen LogP contribution in [0.5, 0.6) is 0 Å². The third kappa shape index (κ3) is 2.85. The Labute approximate surface area is 93.4 Å². The maximum Gasteiger partial charge on any atom is 0.151 e. The number of thioether (sulfide) groups is 1. The zero-order valence-corrected chi connectivity index (χ0v) is 9.52. The van der Waals surface area contributed by atoms with E-state index in [1.54, 1.807) is 0 Å². The minimum absolute atomic E-state index is 0.477. The van der Waals surface area contributed by atoms with Crippen LogP contribution in [0, 0.1) is 0 Å². The van der Waals surface area contributed by atoms with Crippen molar-refractivity contribution < 1.29 is 0 Å². The zero-order chi connectivity index (χ0) is 9.80. The second-order valence-corrected chi connectivity index (χ2v) is 5.34. The van der Waals surface area contributed by atoms with Gasteiger partial charge in [0.25, 0.3) is 0 Å². The highest BCUT2D eigenvalue weighted by atomic mass is 35.5. The van der Waals surface area contributed by atoms with Gasteiger partial charge < -0.3 is 0 Å². The lowest BCUT2D eigenvalue weighted by molar-refractivity contribution is 0.651. The van der Waals surface area contributed by atoms with Crippen molar-refractivity contribution in [2.45, 2.75) is 30.9 Å². The van der Waals surface area contributed by atoms with Crippen LogP contribution in [-0.4, -0.2) is 21.2 Å². The third-order valence-electron chi connectivity index (χ3n) is 2.40. The quantitative estimate of drug-likeness (QED) is 0.779. The van der Waals surface area contributed by atoms with Crippen molar-refractivity contribution in [2.75, 3.05) is 5.75 Å². The van der Waals surface area contributed by atoms with Crippen LogP contribution in [0.1, 0.15) is 25.0 Å². The van der Waals surface area contributed by atoms with E-state index in [1.165, 1.54) is 25.0 Å². The predicted octanol–water partition coefficient (Wildman–Crippen LogP) is 2.96. The summed E-state index contributed by atoms with van der Waals surface area (Å²) in [5, 5.41) is 9.14. The highest BCUT2D eigenvalue weighted by Gasteiger charge is 2.14. The van der Waals surface area contributed by atoms with Gasteiger partial charge in [-0.25, -0.2) is 0 Å². The molecule has 2 rings (SSSR count). The van der Waals surface area contributed by atoms with Gasteiger partial charge in [0.2, 0.25) is 0 Å². The molecule has 0 bridgehead atoms. The summed E-state index contributed by atoms with van der Waals surface area (Å²) in [6, 6.07) is 3.79. The minimum Gasteiger partial charge on any atom is -0.158 e. The number of aromatic nitrogens is 2. The van der Waals surface area contributed by atoms with Gasteiger partial charge in [-0.1, -0.05) is 18.0 Å². The van der Waals surface area contributed by atoms with Crippen LogP contribution < -0.4 is 0 Å². The summed E-state index contributed by atoms with van der Waals surface area (Å²) in [5.74, 6) is 1.30. The molecule has 1 aromatic heterocycles. The monoisotopic (exact) mass is 228 g/mol. The Morgan fingerprint density at radius 3 is 2.93 bits per heavy atom. The molecular weight excluding hydrogens is 216 g/mol. The van der Waals surface area contributed by atoms with Gasteiger partial charge in [-0.05, 0) is 30.7 Å². The van der Waals surface area contributed by atoms with E-state index in [4.69, 9.17) is 11.6 Å². The predicted molar refractivity (Wildman–Crippen MR) is 60.8 cm³/mol. The molecule has 0 aliphatic carbocycles. The minimum atomic E-state index is 0.477. The van der Waals surface area contributed by atoms with E-state index in [0.717, 1.165) is 17.4 Å². The molecule has 0 N–H and O–H groups in total. The molecule has 14 heavy (non-hydrogen) atoms. The fourth-order valence-electron chi connectivity index (χ4n) is 1.65. The molecule has 0 spiro atoms. The van der Waals surface area contributed by atoms with E-state index in [-0.39, 0.29) is 0 Å². The first-order valence-corrected chi connectivity index (χ1v) is 6.37. The van der Waals surface area contributed by atoms with E-state index in [1.807, 2.05) is 12.1 Å². The van der Waals surface area contributed by atoms with Gasteiger partial charge in [0, 0.05) is 11.7 Å². The molecule has 2 nitrogen and oxygen atoms in total. The molecule has 2 heterocycles. The molecule has 1 saturated heterocycles. The van der Waals surface area contributed by atoms with Crippen molar-refractivity contribution in [1.82, 2.24) is 10.2 Å². The van der Waals surface area contributed by atoms with Crippen LogP contribution in [0.25, 0.3) is 0 Å². The molecular formula is C10H13ClN2S. The van der Waals surface area contributed by atoms with Crippen LogP contribution in [0.2, 0.25) is 5.15 Å². The Morgan fingerprint density at radius 2 is 2.29 bits per heavy atom. The standard InChI is InChI=1S/C10H13ClN2S/c11-10-5-4-8(12-13-10)7-9-3-1-2-6-14-9/h4-5,9H,1-3,6-7H2. The first-order valence-electron chi connectivity index (χ1n) is 4.94. The number of halogens is 1. The summed E-state index contributed by atoms with van der Waals surface area (Å²) >= 11 is 7.74. The Bertz CT molecular complexity index is 283. The van der Waals surface area contributed by atoms with Crippen molar-refractivity contribution in [3.63, 3.8) is 0 Å². The second-order valence-electron chi connectivity index (χ2n) is 3.54. The average molecular weight is 229 g/mol. The van der Waals surface area contributed by atoms with Gasteiger partial charge in [0.05, 0.1) is 5.69 Å². The van der Waals surface area contributed by atoms with Gasteiger partial charge in [0.1, 0.15) is 0 Å². The highest BCUT2D eigenvalue weighted by Crippen LogP contribution is 2.27. The normalized spacial score (nSPS) is 22.2. The van der Waals surface area contributed by atoms with E-state index in [0.29, 0.717) is 5.15 Å². The van der Waals surface area contributed by atoms with Crippen LogP contribution in [0.15, 0.2) is 12.1 Å². The van der Waals surface area contributed by atoms with E-state index in [9.17, 15) is 0 Å². The van der Waals surface area contributed by atoms with Crippen LogP contribution in [0.3, 0.4) is 0 Å². The van der Waals surface area contributed by atoms with Crippen LogP contribution >= 0.6 is 23.4 Å². The molecule has 0 aromatic carbocycles. The summed E-state index contributed by atoms with van der Waals surface area (Å²) in [6.07, 6.45) is 5.08. The molecule has 0 radical (unpaired) electrons. The van der Waals surface area contributed by atoms with E-state index in [2.05, 4.69) is 22.0 Å².